The van der Waals surface area contributed by atoms with Gasteiger partial charge in [-0.2, -0.15) is 0 Å². The predicted molar refractivity (Wildman–Crippen MR) is 111 cm³/mol. The normalized spacial score (nSPS) is 14.2. The molecule has 1 heterocycles. The van der Waals surface area contributed by atoms with Gasteiger partial charge in [0, 0.05) is 16.5 Å². The molecule has 1 N–H and O–H groups in total. The minimum absolute atomic E-state index is 0.144. The monoisotopic (exact) mass is 421 g/mol. The second-order valence-corrected chi connectivity index (χ2v) is 8.08. The Hall–Kier alpha value is -2.18. The molecule has 0 aliphatic heterocycles. The molecule has 148 valence electrons. The third-order valence-corrected chi connectivity index (χ3v) is 6.24. The van der Waals surface area contributed by atoms with E-state index in [0.717, 1.165) is 42.5 Å². The quantitative estimate of drug-likeness (QED) is 0.513. The van der Waals surface area contributed by atoms with Gasteiger partial charge in [-0.05, 0) is 49.5 Å². The van der Waals surface area contributed by atoms with E-state index in [-0.39, 0.29) is 10.6 Å². The number of hydrogen-bond acceptors (Lipinski definition) is 4. The molecule has 1 aliphatic carbocycles. The van der Waals surface area contributed by atoms with E-state index in [1.165, 1.54) is 49.2 Å². The van der Waals surface area contributed by atoms with Crippen molar-refractivity contribution < 1.29 is 18.7 Å². The van der Waals surface area contributed by atoms with E-state index in [1.54, 1.807) is 6.07 Å². The lowest BCUT2D eigenvalue weighted by Gasteiger charge is -2.10. The molecule has 28 heavy (non-hydrogen) atoms. The van der Waals surface area contributed by atoms with Crippen molar-refractivity contribution in [3.8, 4) is 0 Å². The molecule has 0 saturated heterocycles. The van der Waals surface area contributed by atoms with Gasteiger partial charge >= 0.3 is 5.97 Å². The topological polar surface area (TPSA) is 55.4 Å². The van der Waals surface area contributed by atoms with Crippen molar-refractivity contribution in [3.05, 3.63) is 56.7 Å². The minimum Gasteiger partial charge on any atom is -0.465 e. The van der Waals surface area contributed by atoms with Gasteiger partial charge in [-0.15, -0.1) is 11.3 Å². The SMILES string of the molecule is COC(=O)c1c(NC(=O)/C=C\c2c(F)cccc2Cl)sc2c1CCCCCC2. The highest BCUT2D eigenvalue weighted by Crippen LogP contribution is 2.37. The molecule has 1 aliphatic rings. The largest absolute Gasteiger partial charge is 0.465 e. The van der Waals surface area contributed by atoms with Crippen LogP contribution in [0.25, 0.3) is 6.08 Å². The predicted octanol–water partition coefficient (Wildman–Crippen LogP) is 5.64. The third-order valence-electron chi connectivity index (χ3n) is 4.70. The first-order valence-corrected chi connectivity index (χ1v) is 10.4. The number of ether oxygens (including phenoxy) is 1. The second kappa shape index (κ2) is 9.34. The van der Waals surface area contributed by atoms with Crippen molar-refractivity contribution in [2.75, 3.05) is 12.4 Å². The number of carbonyl (C=O) groups excluding carboxylic acids is 2. The molecule has 1 amide bonds. The Labute approximate surface area is 172 Å². The number of halogens is 2. The second-order valence-electron chi connectivity index (χ2n) is 6.57. The Balaban J connectivity index is 1.86. The molecule has 7 heteroatoms. The fourth-order valence-corrected chi connectivity index (χ4v) is 4.81. The Morgan fingerprint density at radius 2 is 1.96 bits per heavy atom. The summed E-state index contributed by atoms with van der Waals surface area (Å²) in [4.78, 5) is 25.9. The third kappa shape index (κ3) is 4.62. The van der Waals surface area contributed by atoms with Crippen LogP contribution in [0.15, 0.2) is 24.3 Å². The highest BCUT2D eigenvalue weighted by atomic mass is 35.5. The van der Waals surface area contributed by atoms with Crippen LogP contribution in [0.1, 0.15) is 52.0 Å². The van der Waals surface area contributed by atoms with Crippen molar-refractivity contribution >= 4 is 45.9 Å². The van der Waals surface area contributed by atoms with Crippen LogP contribution in [0.4, 0.5) is 9.39 Å². The molecule has 1 aromatic heterocycles. The first kappa shape index (κ1) is 20.6. The summed E-state index contributed by atoms with van der Waals surface area (Å²) in [5.74, 6) is -1.42. The van der Waals surface area contributed by atoms with E-state index < -0.39 is 17.7 Å². The lowest BCUT2D eigenvalue weighted by molar-refractivity contribution is -0.111. The summed E-state index contributed by atoms with van der Waals surface area (Å²) in [5, 5.41) is 3.46. The molecular formula is C21H21ClFNO3S. The maximum atomic E-state index is 13.8. The van der Waals surface area contributed by atoms with Crippen molar-refractivity contribution in [2.45, 2.75) is 38.5 Å². The lowest BCUT2D eigenvalue weighted by atomic mass is 9.96. The summed E-state index contributed by atoms with van der Waals surface area (Å²) >= 11 is 7.39. The zero-order chi connectivity index (χ0) is 20.1. The summed E-state index contributed by atoms with van der Waals surface area (Å²) in [6.07, 6.45) is 8.59. The smallest absolute Gasteiger partial charge is 0.341 e. The highest BCUT2D eigenvalue weighted by Gasteiger charge is 2.25. The van der Waals surface area contributed by atoms with E-state index in [2.05, 4.69) is 5.32 Å². The average Bonchev–Trinajstić information content (AvgIpc) is 2.96. The Morgan fingerprint density at radius 3 is 2.68 bits per heavy atom. The summed E-state index contributed by atoms with van der Waals surface area (Å²) in [5.41, 5.74) is 1.56. The van der Waals surface area contributed by atoms with Gasteiger partial charge in [-0.1, -0.05) is 30.5 Å². The van der Waals surface area contributed by atoms with Gasteiger partial charge in [0.1, 0.15) is 10.8 Å². The zero-order valence-corrected chi connectivity index (χ0v) is 17.1. The van der Waals surface area contributed by atoms with Gasteiger partial charge in [0.05, 0.1) is 17.7 Å². The number of aryl methyl sites for hydroxylation is 1. The van der Waals surface area contributed by atoms with E-state index in [1.807, 2.05) is 0 Å². The molecule has 0 fully saturated rings. The standard InChI is InChI=1S/C21H21ClFNO3S/c1-27-21(26)19-14-7-4-2-3-5-10-17(14)28-20(19)24-18(25)12-11-13-15(22)8-6-9-16(13)23/h6,8-9,11-12H,2-5,7,10H2,1H3,(H,24,25)/b12-11-. The number of rotatable bonds is 4. The van der Waals surface area contributed by atoms with Gasteiger partial charge in [0.15, 0.2) is 0 Å². The molecule has 2 aromatic rings. The molecule has 0 saturated carbocycles. The number of amides is 1. The first-order valence-electron chi connectivity index (χ1n) is 9.17. The summed E-state index contributed by atoms with van der Waals surface area (Å²) in [6, 6.07) is 4.33. The Kier molecular flexibility index (Phi) is 6.86. The number of fused-ring (bicyclic) bond motifs is 1. The number of hydrogen-bond donors (Lipinski definition) is 1. The van der Waals surface area contributed by atoms with E-state index in [0.29, 0.717) is 10.6 Å². The lowest BCUT2D eigenvalue weighted by Crippen LogP contribution is -2.12. The van der Waals surface area contributed by atoms with E-state index >= 15 is 0 Å². The molecule has 0 unspecified atom stereocenters. The van der Waals surface area contributed by atoms with E-state index in [4.69, 9.17) is 16.3 Å². The molecule has 1 aromatic carbocycles. The van der Waals surface area contributed by atoms with Crippen LogP contribution in [0.3, 0.4) is 0 Å². The van der Waals surface area contributed by atoms with Gasteiger partial charge < -0.3 is 10.1 Å². The minimum atomic E-state index is -0.508. The van der Waals surface area contributed by atoms with Gasteiger partial charge in [-0.3, -0.25) is 4.79 Å². The molecule has 4 nitrogen and oxygen atoms in total. The van der Waals surface area contributed by atoms with Crippen LogP contribution in [0.2, 0.25) is 5.02 Å². The van der Waals surface area contributed by atoms with Crippen LogP contribution < -0.4 is 5.32 Å². The van der Waals surface area contributed by atoms with Gasteiger partial charge in [0.25, 0.3) is 0 Å². The fourth-order valence-electron chi connectivity index (χ4n) is 3.31. The van der Waals surface area contributed by atoms with Gasteiger partial charge in [-0.25, -0.2) is 9.18 Å². The maximum absolute atomic E-state index is 13.8. The summed E-state index contributed by atoms with van der Waals surface area (Å²) in [6.45, 7) is 0. The zero-order valence-electron chi connectivity index (χ0n) is 15.5. The molecule has 0 spiro atoms. The van der Waals surface area contributed by atoms with E-state index in [9.17, 15) is 14.0 Å². The highest BCUT2D eigenvalue weighted by molar-refractivity contribution is 7.17. The van der Waals surface area contributed by atoms with Crippen molar-refractivity contribution in [1.82, 2.24) is 0 Å². The van der Waals surface area contributed by atoms with Crippen LogP contribution in [-0.4, -0.2) is 19.0 Å². The Bertz CT molecular complexity index is 902. The number of thiophene rings is 1. The van der Waals surface area contributed by atoms with Crippen molar-refractivity contribution in [2.24, 2.45) is 0 Å². The number of nitrogens with one attached hydrogen (secondary N) is 1. The van der Waals surface area contributed by atoms with Crippen LogP contribution in [0, 0.1) is 5.82 Å². The molecule has 0 radical (unpaired) electrons. The summed E-state index contributed by atoms with van der Waals surface area (Å²) < 4.78 is 18.8. The molecular weight excluding hydrogens is 401 g/mol. The van der Waals surface area contributed by atoms with Crippen molar-refractivity contribution in [1.29, 1.82) is 0 Å². The Morgan fingerprint density at radius 1 is 1.21 bits per heavy atom. The number of carbonyl (C=O) groups is 2. The number of benzene rings is 1. The molecule has 3 rings (SSSR count). The molecule has 0 atom stereocenters. The molecule has 0 bridgehead atoms. The number of methoxy groups -OCH3 is 1. The number of esters is 1. The van der Waals surface area contributed by atoms with Crippen LogP contribution >= 0.6 is 22.9 Å². The van der Waals surface area contributed by atoms with Crippen LogP contribution in [0.5, 0.6) is 0 Å². The maximum Gasteiger partial charge on any atom is 0.341 e. The first-order chi connectivity index (χ1) is 13.5. The fraction of sp³-hybridized carbons (Fsp3) is 0.333. The van der Waals surface area contributed by atoms with Gasteiger partial charge in [0.2, 0.25) is 5.91 Å². The average molecular weight is 422 g/mol. The van der Waals surface area contributed by atoms with Crippen LogP contribution in [-0.2, 0) is 22.4 Å². The summed E-state index contributed by atoms with van der Waals surface area (Å²) in [7, 11) is 1.33. The van der Waals surface area contributed by atoms with Crippen molar-refractivity contribution in [3.63, 3.8) is 0 Å². The number of anilines is 1.